The highest BCUT2D eigenvalue weighted by Gasteiger charge is 2.53. The van der Waals surface area contributed by atoms with Gasteiger partial charge in [-0.15, -0.1) is 0 Å². The predicted octanol–water partition coefficient (Wildman–Crippen LogP) is 2.90. The first-order chi connectivity index (χ1) is 9.79. The van der Waals surface area contributed by atoms with Gasteiger partial charge in [0.05, 0.1) is 12.2 Å². The van der Waals surface area contributed by atoms with Gasteiger partial charge in [0.15, 0.2) is 0 Å². The van der Waals surface area contributed by atoms with Gasteiger partial charge in [-0.3, -0.25) is 10.1 Å². The smallest absolute Gasteiger partial charge is 0.241 e. The van der Waals surface area contributed by atoms with E-state index in [2.05, 4.69) is 17.1 Å². The number of hydrogen-bond acceptors (Lipinski definition) is 2. The molecule has 1 amide bonds. The molecule has 4 fully saturated rings. The Hall–Kier alpha value is -0.570. The highest BCUT2D eigenvalue weighted by molar-refractivity contribution is 5.84. The van der Waals surface area contributed by atoms with Crippen LogP contribution in [0.15, 0.2) is 0 Å². The Morgan fingerprint density at radius 1 is 1.10 bits per heavy atom. The number of amides is 1. The standard InChI is InChI=1S/C17H28N2O/c1-2-14-17(20)19(15(11-7-8-11)12-9-10-12)16(18-14)13-5-3-4-6-13/h11-16,18H,2-10H2,1H3. The molecule has 112 valence electrons. The monoisotopic (exact) mass is 276 g/mol. The van der Waals surface area contributed by atoms with Gasteiger partial charge in [-0.25, -0.2) is 0 Å². The number of hydrogen-bond donors (Lipinski definition) is 1. The maximum atomic E-state index is 12.9. The molecular formula is C17H28N2O. The third-order valence-corrected chi connectivity index (χ3v) is 6.01. The van der Waals surface area contributed by atoms with Gasteiger partial charge in [0.25, 0.3) is 0 Å². The van der Waals surface area contributed by atoms with E-state index >= 15 is 0 Å². The lowest BCUT2D eigenvalue weighted by atomic mass is 9.99. The summed E-state index contributed by atoms with van der Waals surface area (Å²) in [5.74, 6) is 2.80. The molecule has 3 nitrogen and oxygen atoms in total. The normalized spacial score (nSPS) is 35.5. The summed E-state index contributed by atoms with van der Waals surface area (Å²) in [5.41, 5.74) is 0. The minimum absolute atomic E-state index is 0.0978. The summed E-state index contributed by atoms with van der Waals surface area (Å²) >= 11 is 0. The maximum Gasteiger partial charge on any atom is 0.241 e. The Bertz CT molecular complexity index is 370. The van der Waals surface area contributed by atoms with E-state index in [1.54, 1.807) is 0 Å². The van der Waals surface area contributed by atoms with Crippen LogP contribution in [0.1, 0.15) is 64.7 Å². The second kappa shape index (κ2) is 5.01. The molecule has 3 aliphatic carbocycles. The highest BCUT2D eigenvalue weighted by Crippen LogP contribution is 2.49. The SMILES string of the molecule is CCC1NC(C2CCCC2)N(C(C2CC2)C2CC2)C1=O. The molecule has 1 saturated heterocycles. The Kier molecular flexibility index (Phi) is 3.29. The van der Waals surface area contributed by atoms with E-state index in [1.165, 1.54) is 51.4 Å². The van der Waals surface area contributed by atoms with Crippen LogP contribution >= 0.6 is 0 Å². The summed E-state index contributed by atoms with van der Waals surface area (Å²) < 4.78 is 0. The van der Waals surface area contributed by atoms with Gasteiger partial charge in [-0.05, 0) is 62.7 Å². The van der Waals surface area contributed by atoms with Crippen LogP contribution < -0.4 is 5.32 Å². The molecule has 2 unspecified atom stereocenters. The van der Waals surface area contributed by atoms with Gasteiger partial charge in [-0.2, -0.15) is 0 Å². The summed E-state index contributed by atoms with van der Waals surface area (Å²) in [6.07, 6.45) is 12.1. The minimum atomic E-state index is 0.0978. The first kappa shape index (κ1) is 13.1. The van der Waals surface area contributed by atoms with E-state index in [1.807, 2.05) is 0 Å². The third-order valence-electron chi connectivity index (χ3n) is 6.01. The van der Waals surface area contributed by atoms with Crippen LogP contribution in [-0.4, -0.2) is 29.1 Å². The van der Waals surface area contributed by atoms with E-state index < -0.39 is 0 Å². The van der Waals surface area contributed by atoms with Crippen LogP contribution in [-0.2, 0) is 4.79 Å². The van der Waals surface area contributed by atoms with Gasteiger partial charge in [0, 0.05) is 6.04 Å². The van der Waals surface area contributed by atoms with Gasteiger partial charge in [-0.1, -0.05) is 19.8 Å². The zero-order valence-electron chi connectivity index (χ0n) is 12.7. The lowest BCUT2D eigenvalue weighted by Gasteiger charge is -2.36. The quantitative estimate of drug-likeness (QED) is 0.837. The summed E-state index contributed by atoms with van der Waals surface area (Å²) in [5, 5.41) is 3.70. The second-order valence-corrected chi connectivity index (χ2v) is 7.53. The van der Waals surface area contributed by atoms with Gasteiger partial charge in [0.1, 0.15) is 0 Å². The van der Waals surface area contributed by atoms with Crippen LogP contribution in [0.5, 0.6) is 0 Å². The molecule has 0 radical (unpaired) electrons. The lowest BCUT2D eigenvalue weighted by molar-refractivity contribution is -0.134. The number of carbonyl (C=O) groups is 1. The molecule has 0 spiro atoms. The molecule has 0 aromatic rings. The van der Waals surface area contributed by atoms with Crippen molar-refractivity contribution in [2.45, 2.75) is 83.0 Å². The van der Waals surface area contributed by atoms with E-state index in [-0.39, 0.29) is 6.04 Å². The zero-order valence-corrected chi connectivity index (χ0v) is 12.7. The van der Waals surface area contributed by atoms with E-state index in [0.29, 0.717) is 18.1 Å². The third kappa shape index (κ3) is 2.18. The van der Waals surface area contributed by atoms with Crippen molar-refractivity contribution in [2.24, 2.45) is 17.8 Å². The van der Waals surface area contributed by atoms with Crippen LogP contribution in [0, 0.1) is 17.8 Å². The average molecular weight is 276 g/mol. The fourth-order valence-corrected chi connectivity index (χ4v) is 4.65. The number of rotatable bonds is 5. The predicted molar refractivity (Wildman–Crippen MR) is 79.0 cm³/mol. The van der Waals surface area contributed by atoms with Gasteiger partial charge in [0.2, 0.25) is 5.91 Å². The van der Waals surface area contributed by atoms with Crippen molar-refractivity contribution in [3.63, 3.8) is 0 Å². The molecule has 1 heterocycles. The lowest BCUT2D eigenvalue weighted by Crippen LogP contribution is -2.50. The van der Waals surface area contributed by atoms with Crippen molar-refractivity contribution in [1.29, 1.82) is 0 Å². The topological polar surface area (TPSA) is 32.3 Å². The molecule has 0 bridgehead atoms. The zero-order chi connectivity index (χ0) is 13.7. The minimum Gasteiger partial charge on any atom is -0.322 e. The number of nitrogens with one attached hydrogen (secondary N) is 1. The van der Waals surface area contributed by atoms with E-state index in [4.69, 9.17) is 0 Å². The Balaban J connectivity index is 1.59. The maximum absolute atomic E-state index is 12.9. The Morgan fingerprint density at radius 2 is 1.70 bits per heavy atom. The first-order valence-corrected chi connectivity index (χ1v) is 8.87. The summed E-state index contributed by atoms with van der Waals surface area (Å²) in [6.45, 7) is 2.15. The Morgan fingerprint density at radius 3 is 2.20 bits per heavy atom. The summed E-state index contributed by atoms with van der Waals surface area (Å²) in [7, 11) is 0. The molecule has 4 aliphatic rings. The molecule has 4 rings (SSSR count). The molecule has 1 aliphatic heterocycles. The van der Waals surface area contributed by atoms with Crippen molar-refractivity contribution in [3.05, 3.63) is 0 Å². The Labute approximate surface area is 122 Å². The van der Waals surface area contributed by atoms with Crippen LogP contribution in [0.4, 0.5) is 0 Å². The number of nitrogens with zero attached hydrogens (tertiary/aromatic N) is 1. The van der Waals surface area contributed by atoms with Crippen molar-refractivity contribution in [2.75, 3.05) is 0 Å². The number of carbonyl (C=O) groups excluding carboxylic acids is 1. The second-order valence-electron chi connectivity index (χ2n) is 7.53. The highest BCUT2D eigenvalue weighted by atomic mass is 16.2. The van der Waals surface area contributed by atoms with Crippen molar-refractivity contribution in [3.8, 4) is 0 Å². The van der Waals surface area contributed by atoms with Crippen molar-refractivity contribution < 1.29 is 4.79 Å². The molecular weight excluding hydrogens is 248 g/mol. The fourth-order valence-electron chi connectivity index (χ4n) is 4.65. The van der Waals surface area contributed by atoms with Crippen LogP contribution in [0.3, 0.4) is 0 Å². The van der Waals surface area contributed by atoms with Crippen LogP contribution in [0.25, 0.3) is 0 Å². The fraction of sp³-hybridized carbons (Fsp3) is 0.941. The molecule has 3 heteroatoms. The van der Waals surface area contributed by atoms with Gasteiger partial charge < -0.3 is 4.90 Å². The summed E-state index contributed by atoms with van der Waals surface area (Å²) in [4.78, 5) is 15.2. The van der Waals surface area contributed by atoms with Gasteiger partial charge >= 0.3 is 0 Å². The molecule has 1 N–H and O–H groups in total. The van der Waals surface area contributed by atoms with Crippen molar-refractivity contribution >= 4 is 5.91 Å². The largest absolute Gasteiger partial charge is 0.322 e. The van der Waals surface area contributed by atoms with Crippen LogP contribution in [0.2, 0.25) is 0 Å². The average Bonchev–Trinajstić information content (AvgIpc) is 3.37. The van der Waals surface area contributed by atoms with E-state index in [9.17, 15) is 4.79 Å². The first-order valence-electron chi connectivity index (χ1n) is 8.87. The molecule has 20 heavy (non-hydrogen) atoms. The molecule has 3 saturated carbocycles. The summed E-state index contributed by atoms with van der Waals surface area (Å²) in [6, 6.07) is 0.678. The molecule has 2 atom stereocenters. The van der Waals surface area contributed by atoms with Crippen molar-refractivity contribution in [1.82, 2.24) is 10.2 Å². The molecule has 0 aromatic heterocycles. The molecule has 0 aromatic carbocycles. The van der Waals surface area contributed by atoms with E-state index in [0.717, 1.165) is 24.2 Å².